The summed E-state index contributed by atoms with van der Waals surface area (Å²) in [6.07, 6.45) is 11.4. The number of nitrogens with one attached hydrogen (secondary N) is 1. The van der Waals surface area contributed by atoms with Crippen LogP contribution in [0.5, 0.6) is 0 Å². The number of hydrogen-bond acceptors (Lipinski definition) is 3. The molecule has 0 saturated heterocycles. The number of hydrogen-bond donors (Lipinski definition) is 1. The van der Waals surface area contributed by atoms with Gasteiger partial charge >= 0.3 is 0 Å². The van der Waals surface area contributed by atoms with Gasteiger partial charge in [-0.25, -0.2) is 9.37 Å². The minimum absolute atomic E-state index is 0.0928. The molecule has 1 amide bonds. The van der Waals surface area contributed by atoms with Crippen molar-refractivity contribution < 1.29 is 13.9 Å². The van der Waals surface area contributed by atoms with Gasteiger partial charge in [-0.2, -0.15) is 0 Å². The number of amides is 1. The highest BCUT2D eigenvalue weighted by Crippen LogP contribution is 2.36. The maximum absolute atomic E-state index is 13.9. The minimum Gasteiger partial charge on any atom is -0.374 e. The highest BCUT2D eigenvalue weighted by atomic mass is 19.1. The fourth-order valence-electron chi connectivity index (χ4n) is 5.25. The molecule has 0 radical (unpaired) electrons. The van der Waals surface area contributed by atoms with Gasteiger partial charge in [-0.3, -0.25) is 4.79 Å². The number of carbonyl (C=O) groups excluding carboxylic acids is 1. The summed E-state index contributed by atoms with van der Waals surface area (Å²) in [4.78, 5) is 18.3. The lowest BCUT2D eigenvalue weighted by atomic mass is 9.83. The summed E-state index contributed by atoms with van der Waals surface area (Å²) < 4.78 is 21.6. The first-order valence-corrected chi connectivity index (χ1v) is 11.7. The molecule has 1 heterocycles. The first kappa shape index (κ1) is 21.3. The number of rotatable bonds is 7. The van der Waals surface area contributed by atoms with Gasteiger partial charge in [0, 0.05) is 18.7 Å². The Morgan fingerprint density at radius 2 is 1.87 bits per heavy atom. The van der Waals surface area contributed by atoms with Gasteiger partial charge in [0.1, 0.15) is 24.3 Å². The molecule has 6 heteroatoms. The average Bonchev–Trinajstić information content (AvgIpc) is 3.11. The molecule has 0 spiro atoms. The maximum atomic E-state index is 13.9. The number of fused-ring (bicyclic) bond motifs is 1. The van der Waals surface area contributed by atoms with Crippen LogP contribution in [0.25, 0.3) is 11.0 Å². The summed E-state index contributed by atoms with van der Waals surface area (Å²) in [6, 6.07) is 4.62. The third-order valence-corrected chi connectivity index (χ3v) is 6.75. The largest absolute Gasteiger partial charge is 0.374 e. The van der Waals surface area contributed by atoms with Crippen molar-refractivity contribution in [2.75, 3.05) is 6.61 Å². The molecule has 164 valence electrons. The summed E-state index contributed by atoms with van der Waals surface area (Å²) >= 11 is 0. The Balaban J connectivity index is 1.73. The Morgan fingerprint density at radius 1 is 1.17 bits per heavy atom. The van der Waals surface area contributed by atoms with Crippen molar-refractivity contribution in [1.29, 1.82) is 0 Å². The standard InChI is InChI=1S/C24H34FN3O2/c1-2-30-16-22-27-20-15-18(25)13-14-21(20)28(22)23(17-9-5-3-6-10-17)24(29)26-19-11-7-4-8-12-19/h13-15,17,19,23H,2-12,16H2,1H3,(H,26,29). The quantitative estimate of drug-likeness (QED) is 0.669. The lowest BCUT2D eigenvalue weighted by Gasteiger charge is -2.33. The summed E-state index contributed by atoms with van der Waals surface area (Å²) in [5, 5.41) is 3.36. The van der Waals surface area contributed by atoms with E-state index in [4.69, 9.17) is 4.74 Å². The highest BCUT2D eigenvalue weighted by Gasteiger charge is 2.35. The van der Waals surface area contributed by atoms with Crippen molar-refractivity contribution in [3.63, 3.8) is 0 Å². The molecule has 1 atom stereocenters. The van der Waals surface area contributed by atoms with E-state index in [1.54, 1.807) is 6.07 Å². The van der Waals surface area contributed by atoms with Crippen LogP contribution in [0, 0.1) is 11.7 Å². The molecule has 5 nitrogen and oxygen atoms in total. The van der Waals surface area contributed by atoms with Crippen LogP contribution in [0.2, 0.25) is 0 Å². The SMILES string of the molecule is CCOCc1nc2cc(F)ccc2n1C(C(=O)NC1CCCCC1)C1CCCCC1. The summed E-state index contributed by atoms with van der Waals surface area (Å²) in [5.41, 5.74) is 1.41. The molecule has 2 saturated carbocycles. The van der Waals surface area contributed by atoms with Crippen molar-refractivity contribution >= 4 is 16.9 Å². The Hall–Kier alpha value is -1.95. The fourth-order valence-corrected chi connectivity index (χ4v) is 5.25. The topological polar surface area (TPSA) is 56.2 Å². The van der Waals surface area contributed by atoms with E-state index >= 15 is 0 Å². The van der Waals surface area contributed by atoms with E-state index in [-0.39, 0.29) is 29.7 Å². The van der Waals surface area contributed by atoms with Crippen molar-refractivity contribution in [3.05, 3.63) is 29.8 Å². The van der Waals surface area contributed by atoms with Gasteiger partial charge in [0.15, 0.2) is 0 Å². The molecule has 4 rings (SSSR count). The molecule has 2 aliphatic rings. The second-order valence-electron chi connectivity index (χ2n) is 8.85. The Kier molecular flexibility index (Phi) is 7.03. The third kappa shape index (κ3) is 4.69. The smallest absolute Gasteiger partial charge is 0.243 e. The molecular formula is C24H34FN3O2. The molecule has 1 aromatic carbocycles. The predicted octanol–water partition coefficient (Wildman–Crippen LogP) is 5.28. The van der Waals surface area contributed by atoms with Gasteiger partial charge in [0.25, 0.3) is 0 Å². The molecule has 1 unspecified atom stereocenters. The van der Waals surface area contributed by atoms with Crippen LogP contribution in [0.4, 0.5) is 4.39 Å². The average molecular weight is 416 g/mol. The van der Waals surface area contributed by atoms with Crippen LogP contribution in [0.15, 0.2) is 18.2 Å². The fraction of sp³-hybridized carbons (Fsp3) is 0.667. The molecular weight excluding hydrogens is 381 g/mol. The number of ether oxygens (including phenoxy) is 1. The second-order valence-corrected chi connectivity index (χ2v) is 8.85. The van der Waals surface area contributed by atoms with Crippen molar-refractivity contribution in [2.24, 2.45) is 5.92 Å². The van der Waals surface area contributed by atoms with E-state index in [1.165, 1.54) is 37.8 Å². The lowest BCUT2D eigenvalue weighted by Crippen LogP contribution is -2.43. The number of benzene rings is 1. The lowest BCUT2D eigenvalue weighted by molar-refractivity contribution is -0.127. The molecule has 0 aliphatic heterocycles. The first-order valence-electron chi connectivity index (χ1n) is 11.7. The Bertz CT molecular complexity index is 853. The zero-order chi connectivity index (χ0) is 20.9. The maximum Gasteiger partial charge on any atom is 0.243 e. The van der Waals surface area contributed by atoms with Crippen LogP contribution in [0.3, 0.4) is 0 Å². The van der Waals surface area contributed by atoms with Crippen LogP contribution < -0.4 is 5.32 Å². The van der Waals surface area contributed by atoms with Crippen LogP contribution in [-0.2, 0) is 16.1 Å². The van der Waals surface area contributed by atoms with E-state index in [2.05, 4.69) is 14.9 Å². The summed E-state index contributed by atoms with van der Waals surface area (Å²) in [5.74, 6) is 0.767. The summed E-state index contributed by atoms with van der Waals surface area (Å²) in [7, 11) is 0. The van der Waals surface area contributed by atoms with Crippen LogP contribution in [0.1, 0.15) is 83.0 Å². The number of nitrogens with zero attached hydrogens (tertiary/aromatic N) is 2. The van der Waals surface area contributed by atoms with E-state index < -0.39 is 0 Å². The first-order chi connectivity index (χ1) is 14.7. The molecule has 2 fully saturated rings. The minimum atomic E-state index is -0.321. The zero-order valence-electron chi connectivity index (χ0n) is 18.0. The predicted molar refractivity (Wildman–Crippen MR) is 116 cm³/mol. The Morgan fingerprint density at radius 3 is 2.57 bits per heavy atom. The van der Waals surface area contributed by atoms with Gasteiger partial charge in [0.05, 0.1) is 11.0 Å². The molecule has 2 aromatic rings. The molecule has 0 bridgehead atoms. The number of carbonyl (C=O) groups is 1. The molecule has 1 aromatic heterocycles. The van der Waals surface area contributed by atoms with Crippen molar-refractivity contribution in [2.45, 2.75) is 89.8 Å². The van der Waals surface area contributed by atoms with E-state index in [0.29, 0.717) is 24.6 Å². The number of imidazole rings is 1. The van der Waals surface area contributed by atoms with Gasteiger partial charge in [-0.05, 0) is 50.7 Å². The molecule has 1 N–H and O–H groups in total. The zero-order valence-corrected chi connectivity index (χ0v) is 18.0. The van der Waals surface area contributed by atoms with Gasteiger partial charge in [-0.15, -0.1) is 0 Å². The molecule has 2 aliphatic carbocycles. The van der Waals surface area contributed by atoms with E-state index in [9.17, 15) is 9.18 Å². The van der Waals surface area contributed by atoms with Crippen molar-refractivity contribution in [3.8, 4) is 0 Å². The van der Waals surface area contributed by atoms with Crippen LogP contribution >= 0.6 is 0 Å². The van der Waals surface area contributed by atoms with E-state index in [0.717, 1.165) is 44.0 Å². The van der Waals surface area contributed by atoms with Gasteiger partial charge < -0.3 is 14.6 Å². The van der Waals surface area contributed by atoms with Gasteiger partial charge in [0.2, 0.25) is 5.91 Å². The second kappa shape index (κ2) is 9.90. The highest BCUT2D eigenvalue weighted by molar-refractivity contribution is 5.85. The molecule has 30 heavy (non-hydrogen) atoms. The third-order valence-electron chi connectivity index (χ3n) is 6.75. The van der Waals surface area contributed by atoms with Gasteiger partial charge in [-0.1, -0.05) is 38.5 Å². The van der Waals surface area contributed by atoms with Crippen LogP contribution in [-0.4, -0.2) is 28.1 Å². The van der Waals surface area contributed by atoms with E-state index in [1.807, 2.05) is 6.92 Å². The van der Waals surface area contributed by atoms with Crippen molar-refractivity contribution in [1.82, 2.24) is 14.9 Å². The summed E-state index contributed by atoms with van der Waals surface area (Å²) in [6.45, 7) is 2.84. The number of halogens is 1. The monoisotopic (exact) mass is 415 g/mol. The normalized spacial score (nSPS) is 19.8. The number of aromatic nitrogens is 2. The Labute approximate surface area is 178 Å².